The minimum absolute atomic E-state index is 0.181. The van der Waals surface area contributed by atoms with Crippen LogP contribution in [0.5, 0.6) is 17.2 Å². The van der Waals surface area contributed by atoms with E-state index in [1.54, 1.807) is 37.4 Å². The van der Waals surface area contributed by atoms with Gasteiger partial charge < -0.3 is 24.8 Å². The van der Waals surface area contributed by atoms with Crippen molar-refractivity contribution in [2.24, 2.45) is 0 Å². The summed E-state index contributed by atoms with van der Waals surface area (Å²) in [5.41, 5.74) is 2.49. The van der Waals surface area contributed by atoms with Crippen molar-refractivity contribution in [1.82, 2.24) is 4.98 Å². The van der Waals surface area contributed by atoms with E-state index in [9.17, 15) is 9.59 Å². The van der Waals surface area contributed by atoms with Crippen LogP contribution >= 0.6 is 23.1 Å². The highest BCUT2D eigenvalue weighted by molar-refractivity contribution is 8.00. The molecule has 0 unspecified atom stereocenters. The highest BCUT2D eigenvalue weighted by atomic mass is 32.2. The molecule has 1 aromatic heterocycles. The number of thioether (sulfide) groups is 1. The van der Waals surface area contributed by atoms with Crippen LogP contribution in [-0.2, 0) is 4.79 Å². The summed E-state index contributed by atoms with van der Waals surface area (Å²) in [4.78, 5) is 30.8. The molecule has 0 spiro atoms. The van der Waals surface area contributed by atoms with Crippen LogP contribution in [0.2, 0.25) is 0 Å². The van der Waals surface area contributed by atoms with Gasteiger partial charge in [0.1, 0.15) is 22.8 Å². The predicted molar refractivity (Wildman–Crippen MR) is 147 cm³/mol. The SMILES string of the molecule is COc1ccccc1-c1csc(NC(=O)CSc2cccc(NC(=O)c3c(OC)cccc3OC)c2)n1. The summed E-state index contributed by atoms with van der Waals surface area (Å²) in [6.45, 7) is 0. The van der Waals surface area contributed by atoms with Crippen LogP contribution in [0.15, 0.2) is 77.0 Å². The lowest BCUT2D eigenvalue weighted by atomic mass is 10.1. The van der Waals surface area contributed by atoms with Gasteiger partial charge in [0.25, 0.3) is 5.91 Å². The minimum Gasteiger partial charge on any atom is -0.496 e. The van der Waals surface area contributed by atoms with Crippen LogP contribution in [0.1, 0.15) is 10.4 Å². The normalized spacial score (nSPS) is 10.5. The summed E-state index contributed by atoms with van der Waals surface area (Å²) in [6.07, 6.45) is 0. The lowest BCUT2D eigenvalue weighted by Crippen LogP contribution is -2.15. The molecule has 4 rings (SSSR count). The van der Waals surface area contributed by atoms with E-state index in [4.69, 9.17) is 14.2 Å². The quantitative estimate of drug-likeness (QED) is 0.247. The second-order valence-corrected chi connectivity index (χ2v) is 9.50. The Labute approximate surface area is 223 Å². The number of anilines is 2. The molecule has 0 aliphatic heterocycles. The number of aromatic nitrogens is 1. The number of methoxy groups -OCH3 is 3. The molecule has 37 heavy (non-hydrogen) atoms. The minimum atomic E-state index is -0.358. The van der Waals surface area contributed by atoms with E-state index in [2.05, 4.69) is 15.6 Å². The number of rotatable bonds is 10. The summed E-state index contributed by atoms with van der Waals surface area (Å²) in [7, 11) is 4.61. The van der Waals surface area contributed by atoms with Gasteiger partial charge in [-0.05, 0) is 42.5 Å². The highest BCUT2D eigenvalue weighted by Gasteiger charge is 2.18. The molecule has 3 aromatic carbocycles. The lowest BCUT2D eigenvalue weighted by molar-refractivity contribution is -0.113. The maximum atomic E-state index is 12.9. The number of carbonyl (C=O) groups is 2. The zero-order valence-corrected chi connectivity index (χ0v) is 22.1. The summed E-state index contributed by atoms with van der Waals surface area (Å²) < 4.78 is 16.0. The molecule has 190 valence electrons. The summed E-state index contributed by atoms with van der Waals surface area (Å²) >= 11 is 2.70. The van der Waals surface area contributed by atoms with E-state index in [0.717, 1.165) is 21.9 Å². The van der Waals surface area contributed by atoms with Crippen molar-refractivity contribution in [2.45, 2.75) is 4.90 Å². The van der Waals surface area contributed by atoms with Crippen molar-refractivity contribution >= 4 is 45.7 Å². The maximum absolute atomic E-state index is 12.9. The molecule has 4 aromatic rings. The van der Waals surface area contributed by atoms with Crippen LogP contribution in [0.3, 0.4) is 0 Å². The Balaban J connectivity index is 1.36. The van der Waals surface area contributed by atoms with Crippen molar-refractivity contribution in [1.29, 1.82) is 0 Å². The Morgan fingerprint density at radius 2 is 1.54 bits per heavy atom. The van der Waals surface area contributed by atoms with E-state index in [-0.39, 0.29) is 17.6 Å². The summed E-state index contributed by atoms with van der Waals surface area (Å²) in [6, 6.07) is 20.0. The van der Waals surface area contributed by atoms with Gasteiger partial charge in [-0.25, -0.2) is 4.98 Å². The van der Waals surface area contributed by atoms with E-state index < -0.39 is 0 Å². The first-order valence-corrected chi connectivity index (χ1v) is 13.0. The zero-order valence-electron chi connectivity index (χ0n) is 20.4. The topological polar surface area (TPSA) is 98.8 Å². The fraction of sp³-hybridized carbons (Fsp3) is 0.148. The fourth-order valence-corrected chi connectivity index (χ4v) is 5.03. The number of amides is 2. The second kappa shape index (κ2) is 12.3. The van der Waals surface area contributed by atoms with E-state index in [0.29, 0.717) is 27.9 Å². The Hall–Kier alpha value is -4.02. The second-order valence-electron chi connectivity index (χ2n) is 7.59. The van der Waals surface area contributed by atoms with Crippen molar-refractivity contribution in [3.05, 3.63) is 77.7 Å². The molecule has 10 heteroatoms. The van der Waals surface area contributed by atoms with Gasteiger partial charge in [0, 0.05) is 21.5 Å². The third kappa shape index (κ3) is 6.41. The number of nitrogens with zero attached hydrogens (tertiary/aromatic N) is 1. The molecule has 0 aliphatic carbocycles. The molecule has 0 fully saturated rings. The first-order chi connectivity index (χ1) is 18.0. The Morgan fingerprint density at radius 1 is 0.865 bits per heavy atom. The molecule has 2 N–H and O–H groups in total. The van der Waals surface area contributed by atoms with Gasteiger partial charge in [0.15, 0.2) is 5.13 Å². The third-order valence-electron chi connectivity index (χ3n) is 5.25. The number of thiazole rings is 1. The van der Waals surface area contributed by atoms with Crippen LogP contribution in [0, 0.1) is 0 Å². The number of hydrogen-bond acceptors (Lipinski definition) is 8. The van der Waals surface area contributed by atoms with Crippen LogP contribution in [0.25, 0.3) is 11.3 Å². The molecule has 2 amide bonds. The standard InChI is InChI=1S/C27H25N3O5S2/c1-33-21-11-5-4-10-19(21)20-15-37-27(29-20)30-24(31)16-36-18-9-6-8-17(14-18)28-26(32)25-22(34-2)12-7-13-23(25)35-3/h4-15H,16H2,1-3H3,(H,28,32)(H,29,30,31). The highest BCUT2D eigenvalue weighted by Crippen LogP contribution is 2.32. The van der Waals surface area contributed by atoms with Crippen molar-refractivity contribution in [3.8, 4) is 28.5 Å². The first kappa shape index (κ1) is 26.1. The number of carbonyl (C=O) groups excluding carboxylic acids is 2. The Morgan fingerprint density at radius 3 is 2.27 bits per heavy atom. The molecular weight excluding hydrogens is 510 g/mol. The fourth-order valence-electron chi connectivity index (χ4n) is 3.55. The Kier molecular flexibility index (Phi) is 8.65. The van der Waals surface area contributed by atoms with Gasteiger partial charge in [-0.1, -0.05) is 24.3 Å². The first-order valence-electron chi connectivity index (χ1n) is 11.2. The van der Waals surface area contributed by atoms with Crippen LogP contribution in [0.4, 0.5) is 10.8 Å². The molecule has 0 saturated carbocycles. The van der Waals surface area contributed by atoms with Crippen LogP contribution < -0.4 is 24.8 Å². The molecule has 0 bridgehead atoms. The van der Waals surface area contributed by atoms with Gasteiger partial charge >= 0.3 is 0 Å². The zero-order chi connectivity index (χ0) is 26.2. The predicted octanol–water partition coefficient (Wildman–Crippen LogP) is 5.82. The molecule has 0 radical (unpaired) electrons. The van der Waals surface area contributed by atoms with Gasteiger partial charge in [0.05, 0.1) is 32.8 Å². The van der Waals surface area contributed by atoms with Crippen molar-refractivity contribution < 1.29 is 23.8 Å². The average Bonchev–Trinajstić information content (AvgIpc) is 3.39. The third-order valence-corrected chi connectivity index (χ3v) is 7.00. The van der Waals surface area contributed by atoms with Crippen molar-refractivity contribution in [2.75, 3.05) is 37.7 Å². The molecule has 0 saturated heterocycles. The number of benzene rings is 3. The maximum Gasteiger partial charge on any atom is 0.263 e. The smallest absolute Gasteiger partial charge is 0.263 e. The van der Waals surface area contributed by atoms with Crippen molar-refractivity contribution in [3.63, 3.8) is 0 Å². The number of hydrogen-bond donors (Lipinski definition) is 2. The van der Waals surface area contributed by atoms with Gasteiger partial charge in [-0.3, -0.25) is 9.59 Å². The molecule has 1 heterocycles. The molecular formula is C27H25N3O5S2. The molecule has 8 nitrogen and oxygen atoms in total. The van der Waals surface area contributed by atoms with E-state index in [1.165, 1.54) is 37.3 Å². The Bertz CT molecular complexity index is 1380. The van der Waals surface area contributed by atoms with Gasteiger partial charge in [-0.2, -0.15) is 0 Å². The van der Waals surface area contributed by atoms with E-state index >= 15 is 0 Å². The monoisotopic (exact) mass is 535 g/mol. The number of para-hydroxylation sites is 1. The number of nitrogens with one attached hydrogen (secondary N) is 2. The number of ether oxygens (including phenoxy) is 3. The average molecular weight is 536 g/mol. The van der Waals surface area contributed by atoms with E-state index in [1.807, 2.05) is 41.8 Å². The van der Waals surface area contributed by atoms with Crippen LogP contribution in [-0.4, -0.2) is 43.9 Å². The van der Waals surface area contributed by atoms with Gasteiger partial charge in [0.2, 0.25) is 5.91 Å². The lowest BCUT2D eigenvalue weighted by Gasteiger charge is -2.13. The largest absolute Gasteiger partial charge is 0.496 e. The summed E-state index contributed by atoms with van der Waals surface area (Å²) in [5, 5.41) is 8.11. The molecule has 0 aliphatic rings. The summed E-state index contributed by atoms with van der Waals surface area (Å²) in [5.74, 6) is 1.19. The molecule has 0 atom stereocenters. The van der Waals surface area contributed by atoms with Gasteiger partial charge in [-0.15, -0.1) is 23.1 Å².